The monoisotopic (exact) mass is 266 g/mol. The highest BCUT2D eigenvalue weighted by Gasteiger charge is 2.26. The number of rotatable bonds is 7. The average Bonchev–Trinajstić information content (AvgIpc) is 2.42. The van der Waals surface area contributed by atoms with Crippen molar-refractivity contribution < 1.29 is 19.0 Å². The van der Waals surface area contributed by atoms with E-state index in [4.69, 9.17) is 14.2 Å². The molecule has 1 unspecified atom stereocenters. The number of carbonyl (C=O) groups excluding carboxylic acids is 1. The molecule has 0 saturated heterocycles. The Hall–Kier alpha value is -1.55. The van der Waals surface area contributed by atoms with Gasteiger partial charge in [-0.2, -0.15) is 0 Å². The van der Waals surface area contributed by atoms with Gasteiger partial charge in [0.2, 0.25) is 0 Å². The second kappa shape index (κ2) is 7.14. The molecule has 106 valence electrons. The third-order valence-electron chi connectivity index (χ3n) is 2.88. The van der Waals surface area contributed by atoms with Gasteiger partial charge in [0.1, 0.15) is 17.6 Å². The number of Topliss-reactive ketones (excluding diaryl/α,β-unsaturated/α-hetero) is 1. The smallest absolute Gasteiger partial charge is 0.195 e. The highest BCUT2D eigenvalue weighted by Crippen LogP contribution is 2.27. The van der Waals surface area contributed by atoms with Crippen LogP contribution in [0.1, 0.15) is 31.1 Å². The lowest BCUT2D eigenvalue weighted by molar-refractivity contribution is 0.0277. The molecule has 4 nitrogen and oxygen atoms in total. The topological polar surface area (TPSA) is 44.8 Å². The van der Waals surface area contributed by atoms with Crippen LogP contribution < -0.4 is 9.47 Å². The Morgan fingerprint density at radius 1 is 1.21 bits per heavy atom. The van der Waals surface area contributed by atoms with Gasteiger partial charge >= 0.3 is 0 Å². The average molecular weight is 266 g/mol. The Kier molecular flexibility index (Phi) is 5.83. The third kappa shape index (κ3) is 3.70. The van der Waals surface area contributed by atoms with Crippen LogP contribution in [-0.4, -0.2) is 32.7 Å². The van der Waals surface area contributed by atoms with Gasteiger partial charge in [0.05, 0.1) is 19.8 Å². The summed E-state index contributed by atoms with van der Waals surface area (Å²) in [5.41, 5.74) is 0.524. The first-order valence-electron chi connectivity index (χ1n) is 6.43. The van der Waals surface area contributed by atoms with E-state index < -0.39 is 6.10 Å². The number of carbonyl (C=O) groups is 1. The maximum absolute atomic E-state index is 12.5. The predicted molar refractivity (Wildman–Crippen MR) is 74.1 cm³/mol. The fourth-order valence-corrected chi connectivity index (χ4v) is 1.91. The summed E-state index contributed by atoms with van der Waals surface area (Å²) in [7, 11) is 3.12. The van der Waals surface area contributed by atoms with Crippen LogP contribution in [0.4, 0.5) is 0 Å². The molecule has 0 aliphatic rings. The Labute approximate surface area is 114 Å². The lowest BCUT2D eigenvalue weighted by Crippen LogP contribution is -2.30. The zero-order valence-corrected chi connectivity index (χ0v) is 12.2. The van der Waals surface area contributed by atoms with Crippen molar-refractivity contribution in [3.63, 3.8) is 0 Å². The number of hydrogen-bond donors (Lipinski definition) is 0. The summed E-state index contributed by atoms with van der Waals surface area (Å²) in [5.74, 6) is 1.22. The van der Waals surface area contributed by atoms with E-state index in [0.29, 0.717) is 23.7 Å². The van der Waals surface area contributed by atoms with E-state index in [9.17, 15) is 4.79 Å². The molecule has 0 aliphatic carbocycles. The Balaban J connectivity index is 3.09. The van der Waals surface area contributed by atoms with Crippen molar-refractivity contribution in [2.24, 2.45) is 5.92 Å². The van der Waals surface area contributed by atoms with E-state index >= 15 is 0 Å². The van der Waals surface area contributed by atoms with Gasteiger partial charge in [0, 0.05) is 12.7 Å². The van der Waals surface area contributed by atoms with Crippen LogP contribution in [0.2, 0.25) is 0 Å². The molecule has 0 aromatic heterocycles. The second-order valence-electron chi connectivity index (χ2n) is 4.55. The summed E-state index contributed by atoms with van der Waals surface area (Å²) in [6.07, 6.45) is -0.452. The maximum Gasteiger partial charge on any atom is 0.195 e. The van der Waals surface area contributed by atoms with E-state index in [0.717, 1.165) is 0 Å². The minimum Gasteiger partial charge on any atom is -0.497 e. The van der Waals surface area contributed by atoms with Crippen LogP contribution in [0.5, 0.6) is 11.5 Å². The molecule has 0 bridgehead atoms. The van der Waals surface area contributed by atoms with Crippen LogP contribution in [0.3, 0.4) is 0 Å². The van der Waals surface area contributed by atoms with Crippen molar-refractivity contribution in [2.45, 2.75) is 26.9 Å². The van der Waals surface area contributed by atoms with Gasteiger partial charge in [-0.1, -0.05) is 13.8 Å². The number of hydrogen-bond acceptors (Lipinski definition) is 4. The van der Waals surface area contributed by atoms with Crippen molar-refractivity contribution in [1.82, 2.24) is 0 Å². The molecule has 0 saturated carbocycles. The number of methoxy groups -OCH3 is 2. The molecule has 1 atom stereocenters. The summed E-state index contributed by atoms with van der Waals surface area (Å²) in [6.45, 7) is 6.32. The Morgan fingerprint density at radius 3 is 2.37 bits per heavy atom. The molecule has 0 N–H and O–H groups in total. The van der Waals surface area contributed by atoms with E-state index in [1.807, 2.05) is 20.8 Å². The molecule has 0 amide bonds. The second-order valence-corrected chi connectivity index (χ2v) is 4.55. The first-order valence-corrected chi connectivity index (χ1v) is 6.43. The quantitative estimate of drug-likeness (QED) is 0.712. The minimum absolute atomic E-state index is 0.0589. The van der Waals surface area contributed by atoms with Crippen molar-refractivity contribution in [1.29, 1.82) is 0 Å². The van der Waals surface area contributed by atoms with Gasteiger partial charge in [0.15, 0.2) is 5.78 Å². The summed E-state index contributed by atoms with van der Waals surface area (Å²) in [6, 6.07) is 5.17. The van der Waals surface area contributed by atoms with Crippen molar-refractivity contribution >= 4 is 5.78 Å². The van der Waals surface area contributed by atoms with E-state index in [-0.39, 0.29) is 11.7 Å². The SMILES string of the molecule is CCOC(C(=O)c1ccc(OC)cc1OC)C(C)C. The van der Waals surface area contributed by atoms with Crippen LogP contribution >= 0.6 is 0 Å². The fraction of sp³-hybridized carbons (Fsp3) is 0.533. The summed E-state index contributed by atoms with van der Waals surface area (Å²) >= 11 is 0. The maximum atomic E-state index is 12.5. The Bertz CT molecular complexity index is 426. The van der Waals surface area contributed by atoms with Crippen LogP contribution in [0, 0.1) is 5.92 Å². The molecule has 19 heavy (non-hydrogen) atoms. The van der Waals surface area contributed by atoms with Gasteiger partial charge in [-0.15, -0.1) is 0 Å². The van der Waals surface area contributed by atoms with E-state index in [1.165, 1.54) is 7.11 Å². The van der Waals surface area contributed by atoms with Gasteiger partial charge in [0.25, 0.3) is 0 Å². The number of benzene rings is 1. The van der Waals surface area contributed by atoms with Crippen molar-refractivity contribution in [3.8, 4) is 11.5 Å². The summed E-state index contributed by atoms with van der Waals surface area (Å²) in [4.78, 5) is 12.5. The zero-order valence-electron chi connectivity index (χ0n) is 12.2. The highest BCUT2D eigenvalue weighted by atomic mass is 16.5. The molecule has 0 heterocycles. The predicted octanol–water partition coefficient (Wildman–Crippen LogP) is 2.95. The number of ether oxygens (including phenoxy) is 3. The Morgan fingerprint density at radius 2 is 1.89 bits per heavy atom. The summed E-state index contributed by atoms with van der Waals surface area (Å²) in [5, 5.41) is 0. The molecule has 0 aliphatic heterocycles. The summed E-state index contributed by atoms with van der Waals surface area (Å²) < 4.78 is 15.9. The van der Waals surface area contributed by atoms with Gasteiger partial charge < -0.3 is 14.2 Å². The van der Waals surface area contributed by atoms with Crippen molar-refractivity contribution in [3.05, 3.63) is 23.8 Å². The van der Waals surface area contributed by atoms with E-state index in [1.54, 1.807) is 25.3 Å². The molecule has 1 aromatic carbocycles. The van der Waals surface area contributed by atoms with Gasteiger partial charge in [-0.05, 0) is 25.0 Å². The first kappa shape index (κ1) is 15.5. The van der Waals surface area contributed by atoms with Crippen molar-refractivity contribution in [2.75, 3.05) is 20.8 Å². The molecule has 4 heteroatoms. The highest BCUT2D eigenvalue weighted by molar-refractivity contribution is 6.02. The standard InChI is InChI=1S/C15H22O4/c1-6-19-15(10(2)3)14(16)12-8-7-11(17-4)9-13(12)18-5/h7-10,15H,6H2,1-5H3. The van der Waals surface area contributed by atoms with Crippen LogP contribution in [0.25, 0.3) is 0 Å². The minimum atomic E-state index is -0.452. The molecular formula is C15H22O4. The lowest BCUT2D eigenvalue weighted by Gasteiger charge is -2.20. The largest absolute Gasteiger partial charge is 0.497 e. The molecule has 0 fully saturated rings. The zero-order chi connectivity index (χ0) is 14.4. The van der Waals surface area contributed by atoms with E-state index in [2.05, 4.69) is 0 Å². The van der Waals surface area contributed by atoms with Crippen LogP contribution in [-0.2, 0) is 4.74 Å². The van der Waals surface area contributed by atoms with Gasteiger partial charge in [-0.3, -0.25) is 4.79 Å². The third-order valence-corrected chi connectivity index (χ3v) is 2.88. The molecule has 0 spiro atoms. The molecular weight excluding hydrogens is 244 g/mol. The fourth-order valence-electron chi connectivity index (χ4n) is 1.91. The van der Waals surface area contributed by atoms with Gasteiger partial charge in [-0.25, -0.2) is 0 Å². The molecule has 1 aromatic rings. The number of ketones is 1. The normalized spacial score (nSPS) is 12.3. The first-order chi connectivity index (χ1) is 9.04. The van der Waals surface area contributed by atoms with Crippen LogP contribution in [0.15, 0.2) is 18.2 Å². The molecule has 0 radical (unpaired) electrons. The lowest BCUT2D eigenvalue weighted by atomic mass is 9.97. The molecule has 1 rings (SSSR count).